The molecule has 17 heavy (non-hydrogen) atoms. The van der Waals surface area contributed by atoms with Crippen molar-refractivity contribution in [3.8, 4) is 5.75 Å². The van der Waals surface area contributed by atoms with Crippen molar-refractivity contribution in [2.75, 3.05) is 19.4 Å². The first-order valence-corrected chi connectivity index (χ1v) is 7.72. The summed E-state index contributed by atoms with van der Waals surface area (Å²) in [6.07, 6.45) is 0. The first-order chi connectivity index (χ1) is 8.06. The molecule has 96 valence electrons. The topological polar surface area (TPSA) is 52.3 Å². The van der Waals surface area contributed by atoms with Crippen LogP contribution < -0.4 is 10.5 Å². The largest absolute Gasteiger partial charge is 0.496 e. The molecule has 0 aromatic heterocycles. The maximum absolute atomic E-state index is 11.9. The van der Waals surface area contributed by atoms with Gasteiger partial charge in [-0.15, -0.1) is 0 Å². The fourth-order valence-corrected chi connectivity index (χ4v) is 3.35. The van der Waals surface area contributed by atoms with Crippen molar-refractivity contribution in [3.05, 3.63) is 28.2 Å². The Kier molecular flexibility index (Phi) is 6.16. The van der Waals surface area contributed by atoms with Gasteiger partial charge in [-0.25, -0.2) is 0 Å². The highest BCUT2D eigenvalue weighted by Crippen LogP contribution is 2.24. The molecule has 3 nitrogen and oxygen atoms in total. The van der Waals surface area contributed by atoms with Gasteiger partial charge in [0.05, 0.1) is 12.9 Å². The molecule has 2 N–H and O–H groups in total. The van der Waals surface area contributed by atoms with Gasteiger partial charge in [-0.1, -0.05) is 22.9 Å². The second kappa shape index (κ2) is 7.13. The summed E-state index contributed by atoms with van der Waals surface area (Å²) in [6, 6.07) is 5.74. The Morgan fingerprint density at radius 1 is 1.53 bits per heavy atom. The molecular formula is C12H18BrNO2S. The van der Waals surface area contributed by atoms with E-state index in [4.69, 9.17) is 10.5 Å². The minimum absolute atomic E-state index is 0.286. The van der Waals surface area contributed by atoms with Crippen molar-refractivity contribution in [2.24, 2.45) is 11.7 Å². The van der Waals surface area contributed by atoms with Crippen LogP contribution in [0.1, 0.15) is 12.5 Å². The molecule has 0 bridgehead atoms. The fraction of sp³-hybridized carbons (Fsp3) is 0.500. The Hall–Kier alpha value is -0.390. The summed E-state index contributed by atoms with van der Waals surface area (Å²) in [4.78, 5) is 0. The van der Waals surface area contributed by atoms with Crippen molar-refractivity contribution in [1.82, 2.24) is 0 Å². The van der Waals surface area contributed by atoms with Gasteiger partial charge in [0.25, 0.3) is 0 Å². The number of ether oxygens (including phenoxy) is 1. The average molecular weight is 320 g/mol. The molecule has 0 fully saturated rings. The number of methoxy groups -OCH3 is 1. The summed E-state index contributed by atoms with van der Waals surface area (Å²) in [5.74, 6) is 2.20. The molecule has 0 spiro atoms. The van der Waals surface area contributed by atoms with Gasteiger partial charge >= 0.3 is 0 Å². The van der Waals surface area contributed by atoms with Gasteiger partial charge in [0.2, 0.25) is 0 Å². The van der Waals surface area contributed by atoms with Crippen LogP contribution in [0.5, 0.6) is 5.75 Å². The van der Waals surface area contributed by atoms with E-state index in [9.17, 15) is 4.21 Å². The normalized spacial score (nSPS) is 14.4. The minimum Gasteiger partial charge on any atom is -0.496 e. The summed E-state index contributed by atoms with van der Waals surface area (Å²) < 4.78 is 18.2. The van der Waals surface area contributed by atoms with Crippen LogP contribution in [-0.4, -0.2) is 23.6 Å². The third kappa shape index (κ3) is 4.77. The molecule has 0 saturated carbocycles. The van der Waals surface area contributed by atoms with Gasteiger partial charge in [-0.3, -0.25) is 4.21 Å². The zero-order chi connectivity index (χ0) is 12.8. The number of rotatable bonds is 6. The molecule has 2 unspecified atom stereocenters. The van der Waals surface area contributed by atoms with Crippen LogP contribution in [0.15, 0.2) is 22.7 Å². The van der Waals surface area contributed by atoms with Crippen molar-refractivity contribution >= 4 is 26.7 Å². The Labute approximate surface area is 113 Å². The van der Waals surface area contributed by atoms with E-state index in [2.05, 4.69) is 15.9 Å². The quantitative estimate of drug-likeness (QED) is 0.875. The predicted octanol–water partition coefficient (Wildman–Crippen LogP) is 2.30. The Balaban J connectivity index is 2.73. The maximum Gasteiger partial charge on any atom is 0.123 e. The lowest BCUT2D eigenvalue weighted by atomic mass is 10.2. The third-order valence-electron chi connectivity index (χ3n) is 2.43. The van der Waals surface area contributed by atoms with Crippen molar-refractivity contribution in [3.63, 3.8) is 0 Å². The highest BCUT2D eigenvalue weighted by atomic mass is 79.9. The molecule has 0 radical (unpaired) electrons. The third-order valence-corrected chi connectivity index (χ3v) is 4.50. The minimum atomic E-state index is -0.902. The fourth-order valence-electron chi connectivity index (χ4n) is 1.48. The highest BCUT2D eigenvalue weighted by Gasteiger charge is 2.10. The summed E-state index contributed by atoms with van der Waals surface area (Å²) in [6.45, 7) is 2.58. The molecule has 1 aromatic rings. The van der Waals surface area contributed by atoms with Crippen molar-refractivity contribution in [1.29, 1.82) is 0 Å². The number of hydrogen-bond acceptors (Lipinski definition) is 3. The summed E-state index contributed by atoms with van der Waals surface area (Å²) in [5.41, 5.74) is 6.49. The lowest BCUT2D eigenvalue weighted by Gasteiger charge is -2.11. The lowest BCUT2D eigenvalue weighted by molar-refractivity contribution is 0.411. The van der Waals surface area contributed by atoms with Crippen LogP contribution in [0, 0.1) is 5.92 Å². The van der Waals surface area contributed by atoms with E-state index in [0.29, 0.717) is 18.1 Å². The van der Waals surface area contributed by atoms with Gasteiger partial charge < -0.3 is 10.5 Å². The van der Waals surface area contributed by atoms with Crippen molar-refractivity contribution in [2.45, 2.75) is 12.7 Å². The maximum atomic E-state index is 11.9. The predicted molar refractivity (Wildman–Crippen MR) is 75.6 cm³/mol. The monoisotopic (exact) mass is 319 g/mol. The second-order valence-electron chi connectivity index (χ2n) is 4.05. The van der Waals surface area contributed by atoms with Gasteiger partial charge in [-0.2, -0.15) is 0 Å². The van der Waals surface area contributed by atoms with E-state index in [1.54, 1.807) is 7.11 Å². The molecule has 0 saturated heterocycles. The van der Waals surface area contributed by atoms with E-state index < -0.39 is 10.8 Å². The molecule has 0 amide bonds. The Morgan fingerprint density at radius 3 is 2.82 bits per heavy atom. The number of nitrogens with two attached hydrogens (primary N) is 1. The first-order valence-electron chi connectivity index (χ1n) is 5.44. The smallest absolute Gasteiger partial charge is 0.123 e. The average Bonchev–Trinajstić information content (AvgIpc) is 2.29. The number of benzene rings is 1. The van der Waals surface area contributed by atoms with E-state index in [1.165, 1.54) is 0 Å². The van der Waals surface area contributed by atoms with Crippen LogP contribution in [0.25, 0.3) is 0 Å². The zero-order valence-corrected chi connectivity index (χ0v) is 12.5. The zero-order valence-electron chi connectivity index (χ0n) is 10.1. The Morgan fingerprint density at radius 2 is 2.24 bits per heavy atom. The summed E-state index contributed by atoms with van der Waals surface area (Å²) in [7, 11) is 0.721. The van der Waals surface area contributed by atoms with E-state index in [-0.39, 0.29) is 5.92 Å². The number of hydrogen-bond donors (Lipinski definition) is 1. The first kappa shape index (κ1) is 14.7. The highest BCUT2D eigenvalue weighted by molar-refractivity contribution is 9.10. The van der Waals surface area contributed by atoms with Gasteiger partial charge in [0, 0.05) is 26.6 Å². The SMILES string of the molecule is COc1ccc(Br)cc1CS(=O)CC(C)CN. The molecule has 0 aliphatic rings. The van der Waals surface area contributed by atoms with Crippen molar-refractivity contribution < 1.29 is 8.95 Å². The molecule has 5 heteroatoms. The summed E-state index contributed by atoms with van der Waals surface area (Å²) >= 11 is 3.41. The van der Waals surface area contributed by atoms with Gasteiger partial charge in [0.1, 0.15) is 5.75 Å². The van der Waals surface area contributed by atoms with E-state index >= 15 is 0 Å². The molecule has 0 heterocycles. The van der Waals surface area contributed by atoms with Gasteiger partial charge in [0.15, 0.2) is 0 Å². The van der Waals surface area contributed by atoms with Crippen LogP contribution >= 0.6 is 15.9 Å². The standard InChI is InChI=1S/C12H18BrNO2S/c1-9(6-14)7-17(15)8-10-5-11(13)3-4-12(10)16-2/h3-5,9H,6-8,14H2,1-2H3. The van der Waals surface area contributed by atoms with Crippen LogP contribution in [-0.2, 0) is 16.6 Å². The van der Waals surface area contributed by atoms with E-state index in [0.717, 1.165) is 15.8 Å². The van der Waals surface area contributed by atoms with Gasteiger partial charge in [-0.05, 0) is 30.7 Å². The molecular weight excluding hydrogens is 302 g/mol. The Bertz CT molecular complexity index is 398. The van der Waals surface area contributed by atoms with E-state index in [1.807, 2.05) is 25.1 Å². The molecule has 0 aliphatic heterocycles. The number of halogens is 1. The lowest BCUT2D eigenvalue weighted by Crippen LogP contribution is -2.18. The van der Waals surface area contributed by atoms with Crippen LogP contribution in [0.3, 0.4) is 0 Å². The summed E-state index contributed by atoms with van der Waals surface area (Å²) in [5, 5.41) is 0. The molecule has 2 atom stereocenters. The molecule has 0 aliphatic carbocycles. The van der Waals surface area contributed by atoms with Crippen LogP contribution in [0.4, 0.5) is 0 Å². The molecule has 1 rings (SSSR count). The second-order valence-corrected chi connectivity index (χ2v) is 6.47. The molecule has 1 aromatic carbocycles. The van der Waals surface area contributed by atoms with Crippen LogP contribution in [0.2, 0.25) is 0 Å².